The second kappa shape index (κ2) is 3.89. The molecule has 0 radical (unpaired) electrons. The Bertz CT molecular complexity index is 238. The lowest BCUT2D eigenvalue weighted by Gasteiger charge is -2.07. The maximum absolute atomic E-state index is 10.7. The Labute approximate surface area is 69.9 Å². The molecule has 7 heteroatoms. The molecule has 0 bridgehead atoms. The Balaban J connectivity index is 4.16. The van der Waals surface area contributed by atoms with Gasteiger partial charge in [-0.15, -0.1) is 11.6 Å². The topological polar surface area (TPSA) is 89.3 Å². The predicted octanol–water partition coefficient (Wildman–Crippen LogP) is -1.02. The third-order valence-corrected chi connectivity index (χ3v) is 2.79. The summed E-state index contributed by atoms with van der Waals surface area (Å²) in [5, 5.41) is -0.579. The van der Waals surface area contributed by atoms with E-state index >= 15 is 0 Å². The zero-order valence-electron chi connectivity index (χ0n) is 5.87. The highest BCUT2D eigenvalue weighted by Crippen LogP contribution is 1.90. The lowest BCUT2D eigenvalue weighted by molar-refractivity contribution is -0.119. The molecule has 66 valence electrons. The van der Waals surface area contributed by atoms with E-state index in [9.17, 15) is 13.2 Å². The Kier molecular flexibility index (Phi) is 3.77. The van der Waals surface area contributed by atoms with Crippen LogP contribution in [0.1, 0.15) is 6.92 Å². The van der Waals surface area contributed by atoms with Crippen molar-refractivity contribution in [1.29, 1.82) is 0 Å². The summed E-state index contributed by atoms with van der Waals surface area (Å²) < 4.78 is 23.3. The molecule has 0 aliphatic heterocycles. The summed E-state index contributed by atoms with van der Waals surface area (Å²) in [5.41, 5.74) is 4.79. The van der Waals surface area contributed by atoms with Crippen molar-refractivity contribution in [2.24, 2.45) is 5.73 Å². The molecule has 1 unspecified atom stereocenters. The summed E-state index contributed by atoms with van der Waals surface area (Å²) in [4.78, 5) is 10.3. The van der Waals surface area contributed by atoms with Crippen LogP contribution < -0.4 is 10.5 Å². The zero-order chi connectivity index (χ0) is 9.07. The highest BCUT2D eigenvalue weighted by molar-refractivity contribution is 7.90. The van der Waals surface area contributed by atoms with Crippen molar-refractivity contribution in [3.05, 3.63) is 0 Å². The fourth-order valence-electron chi connectivity index (χ4n) is 0.359. The van der Waals surface area contributed by atoms with Gasteiger partial charge in [0, 0.05) is 0 Å². The number of sulfonamides is 1. The lowest BCUT2D eigenvalue weighted by atomic mass is 10.4. The Morgan fingerprint density at radius 3 is 2.45 bits per heavy atom. The predicted molar refractivity (Wildman–Crippen MR) is 41.4 cm³/mol. The molecule has 0 aromatic rings. The number of amides is 1. The Hall–Kier alpha value is -0.330. The molecule has 0 heterocycles. The van der Waals surface area contributed by atoms with Gasteiger partial charge < -0.3 is 5.73 Å². The Morgan fingerprint density at radius 1 is 1.73 bits per heavy atom. The van der Waals surface area contributed by atoms with Gasteiger partial charge >= 0.3 is 0 Å². The standard InChI is InChI=1S/C4H9ClN2O3S/c1-3(4(6)8)7-11(9,10)2-5/h3,7H,2H2,1H3,(H2,6,8). The fourth-order valence-corrected chi connectivity index (χ4v) is 1.27. The van der Waals surface area contributed by atoms with Crippen LogP contribution in [0, 0.1) is 0 Å². The number of carbonyl (C=O) groups is 1. The minimum absolute atomic E-state index is 0.579. The Morgan fingerprint density at radius 2 is 2.18 bits per heavy atom. The van der Waals surface area contributed by atoms with Gasteiger partial charge in [-0.1, -0.05) is 0 Å². The van der Waals surface area contributed by atoms with Gasteiger partial charge in [0.25, 0.3) is 0 Å². The summed E-state index contributed by atoms with van der Waals surface area (Å²) >= 11 is 5.04. The van der Waals surface area contributed by atoms with Gasteiger partial charge in [-0.25, -0.2) is 13.1 Å². The minimum atomic E-state index is -3.55. The molecule has 3 N–H and O–H groups in total. The molecule has 0 spiro atoms. The fraction of sp³-hybridized carbons (Fsp3) is 0.750. The number of primary amides is 1. The highest BCUT2D eigenvalue weighted by Gasteiger charge is 2.16. The van der Waals surface area contributed by atoms with E-state index in [2.05, 4.69) is 0 Å². The van der Waals surface area contributed by atoms with Crippen LogP contribution in [0.25, 0.3) is 0 Å². The van der Waals surface area contributed by atoms with Crippen LogP contribution in [-0.2, 0) is 14.8 Å². The van der Waals surface area contributed by atoms with Crippen molar-refractivity contribution in [1.82, 2.24) is 4.72 Å². The van der Waals surface area contributed by atoms with Gasteiger partial charge in [-0.2, -0.15) is 0 Å². The van der Waals surface area contributed by atoms with Crippen LogP contribution in [-0.4, -0.2) is 25.6 Å². The number of nitrogens with two attached hydrogens (primary N) is 1. The van der Waals surface area contributed by atoms with Crippen LogP contribution in [0.3, 0.4) is 0 Å². The molecule has 0 aromatic heterocycles. The molecule has 11 heavy (non-hydrogen) atoms. The average Bonchev–Trinajstić information content (AvgIpc) is 1.87. The first kappa shape index (κ1) is 10.7. The monoisotopic (exact) mass is 200 g/mol. The van der Waals surface area contributed by atoms with Crippen molar-refractivity contribution in [2.75, 3.05) is 5.21 Å². The van der Waals surface area contributed by atoms with Crippen molar-refractivity contribution in [2.45, 2.75) is 13.0 Å². The summed E-state index contributed by atoms with van der Waals surface area (Å²) in [6, 6.07) is -0.918. The largest absolute Gasteiger partial charge is 0.368 e. The molecule has 1 atom stereocenters. The van der Waals surface area contributed by atoms with Crippen LogP contribution in [0.2, 0.25) is 0 Å². The average molecular weight is 201 g/mol. The van der Waals surface area contributed by atoms with Gasteiger partial charge in [0.1, 0.15) is 5.21 Å². The minimum Gasteiger partial charge on any atom is -0.368 e. The zero-order valence-corrected chi connectivity index (χ0v) is 7.45. The smallest absolute Gasteiger partial charge is 0.235 e. The number of hydrogen-bond acceptors (Lipinski definition) is 3. The normalized spacial score (nSPS) is 14.4. The molecule has 0 saturated heterocycles. The van der Waals surface area contributed by atoms with E-state index in [1.807, 2.05) is 4.72 Å². The van der Waals surface area contributed by atoms with Crippen molar-refractivity contribution in [3.63, 3.8) is 0 Å². The van der Waals surface area contributed by atoms with Crippen LogP contribution in [0.5, 0.6) is 0 Å². The molecule has 1 amide bonds. The van der Waals surface area contributed by atoms with Gasteiger partial charge in [0.05, 0.1) is 6.04 Å². The van der Waals surface area contributed by atoms with Crippen molar-refractivity contribution >= 4 is 27.5 Å². The van der Waals surface area contributed by atoms with Gasteiger partial charge in [0.2, 0.25) is 15.9 Å². The van der Waals surface area contributed by atoms with E-state index in [1.54, 1.807) is 0 Å². The third kappa shape index (κ3) is 4.18. The van der Waals surface area contributed by atoms with Crippen LogP contribution >= 0.6 is 11.6 Å². The van der Waals surface area contributed by atoms with Crippen LogP contribution in [0.4, 0.5) is 0 Å². The summed E-state index contributed by atoms with van der Waals surface area (Å²) in [6.07, 6.45) is 0. The van der Waals surface area contributed by atoms with Crippen molar-refractivity contribution < 1.29 is 13.2 Å². The first-order valence-electron chi connectivity index (χ1n) is 2.74. The molecule has 0 aromatic carbocycles. The summed E-state index contributed by atoms with van der Waals surface area (Å²) in [7, 11) is -3.55. The maximum Gasteiger partial charge on any atom is 0.235 e. The number of nitrogens with one attached hydrogen (secondary N) is 1. The third-order valence-electron chi connectivity index (χ3n) is 0.927. The number of alkyl halides is 1. The molecule has 0 fully saturated rings. The summed E-state index contributed by atoms with van der Waals surface area (Å²) in [6.45, 7) is 1.34. The van der Waals surface area contributed by atoms with E-state index < -0.39 is 27.2 Å². The quantitative estimate of drug-likeness (QED) is 0.569. The van der Waals surface area contributed by atoms with Crippen LogP contribution in [0.15, 0.2) is 0 Å². The van der Waals surface area contributed by atoms with E-state index in [0.29, 0.717) is 0 Å². The second-order valence-electron chi connectivity index (χ2n) is 1.97. The molecular formula is C4H9ClN2O3S. The first-order chi connectivity index (χ1) is 4.89. The lowest BCUT2D eigenvalue weighted by Crippen LogP contribution is -2.42. The number of carbonyl (C=O) groups excluding carboxylic acids is 1. The number of hydrogen-bond donors (Lipinski definition) is 2. The molecule has 0 aliphatic rings. The number of halogens is 1. The highest BCUT2D eigenvalue weighted by atomic mass is 35.5. The second-order valence-corrected chi connectivity index (χ2v) is 4.30. The van der Waals surface area contributed by atoms with E-state index in [-0.39, 0.29) is 0 Å². The van der Waals surface area contributed by atoms with Crippen molar-refractivity contribution in [3.8, 4) is 0 Å². The van der Waals surface area contributed by atoms with Gasteiger partial charge in [0.15, 0.2) is 0 Å². The van der Waals surface area contributed by atoms with E-state index in [0.717, 1.165) is 0 Å². The maximum atomic E-state index is 10.7. The summed E-state index contributed by atoms with van der Waals surface area (Å²) in [5.74, 6) is -0.737. The molecule has 0 saturated carbocycles. The number of rotatable bonds is 4. The van der Waals surface area contributed by atoms with E-state index in [1.165, 1.54) is 6.92 Å². The molecule has 5 nitrogen and oxygen atoms in total. The molecular weight excluding hydrogens is 192 g/mol. The SMILES string of the molecule is CC(NS(=O)(=O)CCl)C(N)=O. The van der Waals surface area contributed by atoms with Gasteiger partial charge in [-0.05, 0) is 6.92 Å². The molecule has 0 rings (SSSR count). The van der Waals surface area contributed by atoms with Gasteiger partial charge in [-0.3, -0.25) is 4.79 Å². The van der Waals surface area contributed by atoms with E-state index in [4.69, 9.17) is 17.3 Å². The first-order valence-corrected chi connectivity index (χ1v) is 4.93. The molecule has 0 aliphatic carbocycles.